The number of hydrogen-bond acceptors (Lipinski definition) is 3. The number of nitrogen functional groups attached to an aromatic ring is 1. The van der Waals surface area contributed by atoms with Gasteiger partial charge in [0.2, 0.25) is 0 Å². The molecular weight excluding hydrogens is 264 g/mol. The average molecular weight is 277 g/mol. The molecule has 2 aromatic rings. The van der Waals surface area contributed by atoms with E-state index in [2.05, 4.69) is 5.32 Å². The van der Waals surface area contributed by atoms with Crippen LogP contribution < -0.4 is 11.1 Å². The lowest BCUT2D eigenvalue weighted by atomic mass is 10.1. The monoisotopic (exact) mass is 276 g/mol. The van der Waals surface area contributed by atoms with Crippen molar-refractivity contribution in [2.75, 3.05) is 5.73 Å². The first-order valence-corrected chi connectivity index (χ1v) is 6.06. The van der Waals surface area contributed by atoms with Crippen molar-refractivity contribution in [1.82, 2.24) is 5.32 Å². The molecule has 2 rings (SSSR count). The van der Waals surface area contributed by atoms with Crippen LogP contribution in [0.15, 0.2) is 42.5 Å². The van der Waals surface area contributed by atoms with Gasteiger partial charge in [-0.25, -0.2) is 0 Å². The molecule has 0 fully saturated rings. The van der Waals surface area contributed by atoms with Gasteiger partial charge in [0.25, 0.3) is 5.91 Å². The lowest BCUT2D eigenvalue weighted by Gasteiger charge is -2.08. The van der Waals surface area contributed by atoms with Gasteiger partial charge in [0.05, 0.1) is 5.56 Å². The normalized spacial score (nSPS) is 10.2. The predicted molar refractivity (Wildman–Crippen MR) is 75.1 cm³/mol. The Morgan fingerprint density at radius 3 is 2.68 bits per heavy atom. The van der Waals surface area contributed by atoms with E-state index in [0.29, 0.717) is 17.3 Å². The molecule has 0 aromatic heterocycles. The number of nitrogens with one attached hydrogen (secondary N) is 1. The van der Waals surface area contributed by atoms with Gasteiger partial charge in [0.15, 0.2) is 0 Å². The first-order chi connectivity index (χ1) is 9.08. The smallest absolute Gasteiger partial charge is 0.255 e. The van der Waals surface area contributed by atoms with E-state index >= 15 is 0 Å². The Kier molecular flexibility index (Phi) is 3.92. The number of anilines is 1. The van der Waals surface area contributed by atoms with Crippen molar-refractivity contribution in [1.29, 1.82) is 0 Å². The van der Waals surface area contributed by atoms with Crippen molar-refractivity contribution in [2.45, 2.75) is 6.54 Å². The Bertz CT molecular complexity index is 614. The van der Waals surface area contributed by atoms with Crippen molar-refractivity contribution in [3.63, 3.8) is 0 Å². The number of phenolic OH excluding ortho intramolecular Hbond substituents is 1. The number of phenols is 1. The summed E-state index contributed by atoms with van der Waals surface area (Å²) in [5.74, 6) is -0.525. The van der Waals surface area contributed by atoms with Crippen LogP contribution >= 0.6 is 11.6 Å². The molecule has 0 saturated carbocycles. The highest BCUT2D eigenvalue weighted by atomic mass is 35.5. The maximum atomic E-state index is 11.9. The van der Waals surface area contributed by atoms with Gasteiger partial charge >= 0.3 is 0 Å². The van der Waals surface area contributed by atoms with Crippen molar-refractivity contribution in [3.05, 3.63) is 58.6 Å². The molecule has 0 aliphatic heterocycles. The second-order valence-electron chi connectivity index (χ2n) is 4.04. The number of carbonyl (C=O) groups is 1. The predicted octanol–water partition coefficient (Wildman–Crippen LogP) is 2.56. The summed E-state index contributed by atoms with van der Waals surface area (Å²) >= 11 is 5.71. The Morgan fingerprint density at radius 1 is 1.26 bits per heavy atom. The molecule has 0 saturated heterocycles. The zero-order valence-electron chi connectivity index (χ0n) is 10.1. The fourth-order valence-corrected chi connectivity index (χ4v) is 1.83. The highest BCUT2D eigenvalue weighted by Gasteiger charge is 2.11. The van der Waals surface area contributed by atoms with Crippen molar-refractivity contribution in [3.8, 4) is 5.75 Å². The number of carbonyl (C=O) groups excluding carboxylic acids is 1. The van der Waals surface area contributed by atoms with E-state index in [-0.39, 0.29) is 17.2 Å². The lowest BCUT2D eigenvalue weighted by Crippen LogP contribution is -2.23. The molecule has 5 heteroatoms. The molecular formula is C14H13ClN2O2. The minimum Gasteiger partial charge on any atom is -0.507 e. The van der Waals surface area contributed by atoms with E-state index in [1.165, 1.54) is 12.1 Å². The lowest BCUT2D eigenvalue weighted by molar-refractivity contribution is 0.0948. The summed E-state index contributed by atoms with van der Waals surface area (Å²) in [6.45, 7) is 0.299. The number of para-hydroxylation sites is 1. The maximum Gasteiger partial charge on any atom is 0.255 e. The number of halogens is 1. The Labute approximate surface area is 115 Å². The first-order valence-electron chi connectivity index (χ1n) is 5.68. The topological polar surface area (TPSA) is 75.3 Å². The van der Waals surface area contributed by atoms with E-state index in [1.54, 1.807) is 12.1 Å². The van der Waals surface area contributed by atoms with Crippen LogP contribution in [0.2, 0.25) is 5.02 Å². The molecule has 0 atom stereocenters. The molecule has 98 valence electrons. The van der Waals surface area contributed by atoms with Crippen molar-refractivity contribution >= 4 is 23.2 Å². The summed E-state index contributed by atoms with van der Waals surface area (Å²) in [5, 5.41) is 12.7. The summed E-state index contributed by atoms with van der Waals surface area (Å²) in [7, 11) is 0. The summed E-state index contributed by atoms with van der Waals surface area (Å²) in [6, 6.07) is 11.6. The van der Waals surface area contributed by atoms with Crippen LogP contribution in [0.3, 0.4) is 0 Å². The van der Waals surface area contributed by atoms with Gasteiger partial charge in [-0.2, -0.15) is 0 Å². The van der Waals surface area contributed by atoms with Gasteiger partial charge < -0.3 is 16.2 Å². The van der Waals surface area contributed by atoms with Gasteiger partial charge in [-0.15, -0.1) is 0 Å². The fourth-order valence-electron chi connectivity index (χ4n) is 1.66. The second kappa shape index (κ2) is 5.63. The zero-order chi connectivity index (χ0) is 13.8. The molecule has 0 bridgehead atoms. The number of aromatic hydroxyl groups is 1. The van der Waals surface area contributed by atoms with E-state index in [0.717, 1.165) is 5.56 Å². The molecule has 0 radical (unpaired) electrons. The SMILES string of the molecule is Nc1ccccc1CNC(=O)c1ccc(Cl)cc1O. The van der Waals surface area contributed by atoms with Gasteiger partial charge in [-0.05, 0) is 29.8 Å². The summed E-state index contributed by atoms with van der Waals surface area (Å²) in [6.07, 6.45) is 0. The van der Waals surface area contributed by atoms with Crippen LogP contribution in [0.1, 0.15) is 15.9 Å². The third-order valence-electron chi connectivity index (χ3n) is 2.70. The minimum absolute atomic E-state index is 0.147. The molecule has 19 heavy (non-hydrogen) atoms. The van der Waals surface area contributed by atoms with Crippen LogP contribution in [0.4, 0.5) is 5.69 Å². The fraction of sp³-hybridized carbons (Fsp3) is 0.0714. The standard InChI is InChI=1S/C14H13ClN2O2/c15-10-5-6-11(13(18)7-10)14(19)17-8-9-3-1-2-4-12(9)16/h1-7,18H,8,16H2,(H,17,19). The van der Waals surface area contributed by atoms with Gasteiger partial charge in [0.1, 0.15) is 5.75 Å². The largest absolute Gasteiger partial charge is 0.507 e. The van der Waals surface area contributed by atoms with Crippen LogP contribution in [0.5, 0.6) is 5.75 Å². The Morgan fingerprint density at radius 2 is 2.00 bits per heavy atom. The molecule has 4 nitrogen and oxygen atoms in total. The first kappa shape index (κ1) is 13.2. The molecule has 1 amide bonds. The summed E-state index contributed by atoms with van der Waals surface area (Å²) < 4.78 is 0. The number of hydrogen-bond donors (Lipinski definition) is 3. The van der Waals surface area contributed by atoms with E-state index in [4.69, 9.17) is 17.3 Å². The molecule has 4 N–H and O–H groups in total. The van der Waals surface area contributed by atoms with E-state index < -0.39 is 0 Å². The molecule has 0 heterocycles. The van der Waals surface area contributed by atoms with Crippen LogP contribution in [0, 0.1) is 0 Å². The highest BCUT2D eigenvalue weighted by Crippen LogP contribution is 2.21. The molecule has 0 unspecified atom stereocenters. The summed E-state index contributed by atoms with van der Waals surface area (Å²) in [5.41, 5.74) is 7.39. The number of benzene rings is 2. The quantitative estimate of drug-likeness (QED) is 0.754. The third kappa shape index (κ3) is 3.17. The molecule has 0 spiro atoms. The van der Waals surface area contributed by atoms with Gasteiger partial charge in [-0.3, -0.25) is 4.79 Å². The van der Waals surface area contributed by atoms with Crippen LogP contribution in [-0.2, 0) is 6.54 Å². The minimum atomic E-state index is -0.377. The molecule has 0 aliphatic rings. The zero-order valence-corrected chi connectivity index (χ0v) is 10.8. The molecule has 0 aliphatic carbocycles. The molecule has 2 aromatic carbocycles. The summed E-state index contributed by atoms with van der Waals surface area (Å²) in [4.78, 5) is 11.9. The Balaban J connectivity index is 2.08. The second-order valence-corrected chi connectivity index (χ2v) is 4.48. The van der Waals surface area contributed by atoms with Gasteiger partial charge in [-0.1, -0.05) is 29.8 Å². The average Bonchev–Trinajstić information content (AvgIpc) is 2.37. The van der Waals surface area contributed by atoms with Crippen molar-refractivity contribution in [2.24, 2.45) is 0 Å². The van der Waals surface area contributed by atoms with E-state index in [1.807, 2.05) is 18.2 Å². The Hall–Kier alpha value is -2.20. The van der Waals surface area contributed by atoms with Crippen LogP contribution in [0.25, 0.3) is 0 Å². The third-order valence-corrected chi connectivity index (χ3v) is 2.93. The maximum absolute atomic E-state index is 11.9. The van der Waals surface area contributed by atoms with Crippen LogP contribution in [-0.4, -0.2) is 11.0 Å². The number of rotatable bonds is 3. The number of nitrogens with two attached hydrogens (primary N) is 1. The van der Waals surface area contributed by atoms with Crippen molar-refractivity contribution < 1.29 is 9.90 Å². The van der Waals surface area contributed by atoms with Gasteiger partial charge in [0, 0.05) is 17.3 Å². The number of amides is 1. The highest BCUT2D eigenvalue weighted by molar-refractivity contribution is 6.30. The van der Waals surface area contributed by atoms with E-state index in [9.17, 15) is 9.90 Å².